The molecule has 1 saturated heterocycles. The zero-order valence-corrected chi connectivity index (χ0v) is 9.75. The van der Waals surface area contributed by atoms with E-state index < -0.39 is 0 Å². The number of aliphatic hydroxyl groups excluding tert-OH is 1. The Labute approximate surface area is 99.6 Å². The zero-order chi connectivity index (χ0) is 11.5. The van der Waals surface area contributed by atoms with E-state index in [0.717, 1.165) is 31.6 Å². The second-order valence-electron chi connectivity index (χ2n) is 4.21. The van der Waals surface area contributed by atoms with Crippen molar-refractivity contribution in [3.63, 3.8) is 0 Å². The summed E-state index contributed by atoms with van der Waals surface area (Å²) in [4.78, 5) is 2.18. The van der Waals surface area contributed by atoms with Gasteiger partial charge in [-0.15, -0.1) is 0 Å². The second-order valence-corrected chi connectivity index (χ2v) is 4.62. The van der Waals surface area contributed by atoms with Crippen LogP contribution >= 0.6 is 11.6 Å². The SMILES string of the molecule is OCC1CCN(c2ccc(F)c(Cl)c2)CC1. The van der Waals surface area contributed by atoms with Crippen LogP contribution in [0.3, 0.4) is 0 Å². The van der Waals surface area contributed by atoms with Crippen LogP contribution in [0, 0.1) is 11.7 Å². The Hall–Kier alpha value is -0.800. The van der Waals surface area contributed by atoms with Gasteiger partial charge in [-0.25, -0.2) is 4.39 Å². The Morgan fingerprint density at radius 2 is 2.06 bits per heavy atom. The van der Waals surface area contributed by atoms with Gasteiger partial charge in [0, 0.05) is 25.4 Å². The number of aliphatic hydroxyl groups is 1. The Morgan fingerprint density at radius 1 is 1.38 bits per heavy atom. The molecular weight excluding hydrogens is 229 g/mol. The van der Waals surface area contributed by atoms with Crippen LogP contribution in [0.2, 0.25) is 5.02 Å². The van der Waals surface area contributed by atoms with Crippen molar-refractivity contribution >= 4 is 17.3 Å². The maximum absolute atomic E-state index is 13.0. The summed E-state index contributed by atoms with van der Waals surface area (Å²) in [6, 6.07) is 4.81. The minimum atomic E-state index is -0.379. The first-order valence-electron chi connectivity index (χ1n) is 5.51. The van der Waals surface area contributed by atoms with Crippen molar-refractivity contribution < 1.29 is 9.50 Å². The molecule has 4 heteroatoms. The molecule has 1 aliphatic heterocycles. The minimum Gasteiger partial charge on any atom is -0.396 e. The summed E-state index contributed by atoms with van der Waals surface area (Å²) in [5, 5.41) is 9.21. The van der Waals surface area contributed by atoms with Crippen LogP contribution in [0.4, 0.5) is 10.1 Å². The van der Waals surface area contributed by atoms with Crippen molar-refractivity contribution in [2.75, 3.05) is 24.6 Å². The first-order chi connectivity index (χ1) is 7.70. The van der Waals surface area contributed by atoms with Gasteiger partial charge in [-0.2, -0.15) is 0 Å². The fourth-order valence-corrected chi connectivity index (χ4v) is 2.23. The minimum absolute atomic E-state index is 0.168. The lowest BCUT2D eigenvalue weighted by atomic mass is 9.97. The fraction of sp³-hybridized carbons (Fsp3) is 0.500. The Balaban J connectivity index is 2.05. The number of benzene rings is 1. The van der Waals surface area contributed by atoms with Crippen LogP contribution in [0.25, 0.3) is 0 Å². The molecular formula is C12H15ClFNO. The molecule has 1 aromatic carbocycles. The largest absolute Gasteiger partial charge is 0.396 e. The van der Waals surface area contributed by atoms with Crippen LogP contribution in [-0.4, -0.2) is 24.8 Å². The van der Waals surface area contributed by atoms with E-state index in [0.29, 0.717) is 5.92 Å². The zero-order valence-electron chi connectivity index (χ0n) is 9.00. The molecule has 0 amide bonds. The number of halogens is 2. The van der Waals surface area contributed by atoms with Crippen LogP contribution < -0.4 is 4.90 Å². The standard InChI is InChI=1S/C12H15ClFNO/c13-11-7-10(1-2-12(11)14)15-5-3-9(8-16)4-6-15/h1-2,7,9,16H,3-6,8H2. The average molecular weight is 244 g/mol. The third kappa shape index (κ3) is 2.47. The summed E-state index contributed by atoms with van der Waals surface area (Å²) in [5.74, 6) is 0.0304. The van der Waals surface area contributed by atoms with Gasteiger partial charge in [-0.1, -0.05) is 11.6 Å². The first kappa shape index (κ1) is 11.7. The summed E-state index contributed by atoms with van der Waals surface area (Å²) in [5.41, 5.74) is 0.961. The van der Waals surface area contributed by atoms with Crippen molar-refractivity contribution in [1.29, 1.82) is 0 Å². The third-order valence-corrected chi connectivity index (χ3v) is 3.43. The van der Waals surface area contributed by atoms with E-state index in [1.807, 2.05) is 0 Å². The summed E-state index contributed by atoms with van der Waals surface area (Å²) in [6.07, 6.45) is 1.96. The van der Waals surface area contributed by atoms with Crippen LogP contribution in [0.15, 0.2) is 18.2 Å². The number of piperidine rings is 1. The third-order valence-electron chi connectivity index (χ3n) is 3.14. The Morgan fingerprint density at radius 3 is 2.62 bits per heavy atom. The molecule has 0 spiro atoms. The van der Waals surface area contributed by atoms with Crippen molar-refractivity contribution in [3.05, 3.63) is 29.0 Å². The highest BCUT2D eigenvalue weighted by Crippen LogP contribution is 2.26. The monoisotopic (exact) mass is 243 g/mol. The Bertz CT molecular complexity index is 364. The molecule has 2 nitrogen and oxygen atoms in total. The molecule has 1 heterocycles. The van der Waals surface area contributed by atoms with Gasteiger partial charge in [0.25, 0.3) is 0 Å². The van der Waals surface area contributed by atoms with Gasteiger partial charge in [-0.3, -0.25) is 0 Å². The van der Waals surface area contributed by atoms with Crippen LogP contribution in [0.1, 0.15) is 12.8 Å². The molecule has 1 N–H and O–H groups in total. The van der Waals surface area contributed by atoms with E-state index in [-0.39, 0.29) is 17.4 Å². The lowest BCUT2D eigenvalue weighted by Gasteiger charge is -2.32. The quantitative estimate of drug-likeness (QED) is 0.863. The van der Waals surface area contributed by atoms with E-state index in [2.05, 4.69) is 4.90 Å². The topological polar surface area (TPSA) is 23.5 Å². The van der Waals surface area contributed by atoms with E-state index in [9.17, 15) is 4.39 Å². The summed E-state index contributed by atoms with van der Waals surface area (Å²) < 4.78 is 13.0. The van der Waals surface area contributed by atoms with E-state index in [1.165, 1.54) is 6.07 Å². The molecule has 0 atom stereocenters. The number of hydrogen-bond donors (Lipinski definition) is 1. The molecule has 16 heavy (non-hydrogen) atoms. The van der Waals surface area contributed by atoms with Crippen molar-refractivity contribution in [2.24, 2.45) is 5.92 Å². The number of rotatable bonds is 2. The second kappa shape index (κ2) is 5.02. The van der Waals surface area contributed by atoms with Gasteiger partial charge in [0.2, 0.25) is 0 Å². The Kier molecular flexibility index (Phi) is 3.66. The van der Waals surface area contributed by atoms with Gasteiger partial charge >= 0.3 is 0 Å². The van der Waals surface area contributed by atoms with Crippen molar-refractivity contribution in [2.45, 2.75) is 12.8 Å². The first-order valence-corrected chi connectivity index (χ1v) is 5.89. The van der Waals surface area contributed by atoms with Gasteiger partial charge in [0.15, 0.2) is 0 Å². The molecule has 1 aliphatic rings. The van der Waals surface area contributed by atoms with Crippen LogP contribution in [0.5, 0.6) is 0 Å². The molecule has 0 radical (unpaired) electrons. The van der Waals surface area contributed by atoms with E-state index in [4.69, 9.17) is 16.7 Å². The normalized spacial score (nSPS) is 17.8. The lowest BCUT2D eigenvalue weighted by molar-refractivity contribution is 0.203. The molecule has 1 aromatic rings. The number of anilines is 1. The average Bonchev–Trinajstić information content (AvgIpc) is 2.33. The molecule has 1 fully saturated rings. The molecule has 0 aliphatic carbocycles. The van der Waals surface area contributed by atoms with Gasteiger partial charge in [0.05, 0.1) is 5.02 Å². The molecule has 88 valence electrons. The fourth-order valence-electron chi connectivity index (χ4n) is 2.06. The predicted octanol–water partition coefficient (Wildman–Crippen LogP) is 2.69. The highest BCUT2D eigenvalue weighted by atomic mass is 35.5. The molecule has 0 unspecified atom stereocenters. The smallest absolute Gasteiger partial charge is 0.141 e. The van der Waals surface area contributed by atoms with E-state index >= 15 is 0 Å². The summed E-state index contributed by atoms with van der Waals surface area (Å²) >= 11 is 5.75. The summed E-state index contributed by atoms with van der Waals surface area (Å²) in [6.45, 7) is 2.05. The predicted molar refractivity (Wildman–Crippen MR) is 63.4 cm³/mol. The van der Waals surface area contributed by atoms with Crippen molar-refractivity contribution in [3.8, 4) is 0 Å². The van der Waals surface area contributed by atoms with Gasteiger partial charge < -0.3 is 10.0 Å². The van der Waals surface area contributed by atoms with Gasteiger partial charge in [-0.05, 0) is 37.0 Å². The van der Waals surface area contributed by atoms with Crippen LogP contribution in [-0.2, 0) is 0 Å². The maximum Gasteiger partial charge on any atom is 0.141 e. The molecule has 0 saturated carbocycles. The maximum atomic E-state index is 13.0. The molecule has 0 bridgehead atoms. The summed E-state index contributed by atoms with van der Waals surface area (Å²) in [7, 11) is 0. The number of nitrogens with zero attached hydrogens (tertiary/aromatic N) is 1. The highest BCUT2D eigenvalue weighted by Gasteiger charge is 2.19. The molecule has 0 aromatic heterocycles. The lowest BCUT2D eigenvalue weighted by Crippen LogP contribution is -2.34. The van der Waals surface area contributed by atoms with Crippen molar-refractivity contribution in [1.82, 2.24) is 0 Å². The number of hydrogen-bond acceptors (Lipinski definition) is 2. The van der Waals surface area contributed by atoms with Gasteiger partial charge in [0.1, 0.15) is 5.82 Å². The molecule has 2 rings (SSSR count). The highest BCUT2D eigenvalue weighted by molar-refractivity contribution is 6.31. The van der Waals surface area contributed by atoms with E-state index in [1.54, 1.807) is 12.1 Å².